The molecule has 1 aromatic carbocycles. The lowest BCUT2D eigenvalue weighted by Gasteiger charge is -2.41. The number of carbonyl (C=O) groups is 2. The normalized spacial score (nSPS) is 19.8. The summed E-state index contributed by atoms with van der Waals surface area (Å²) in [5.41, 5.74) is 0.859. The van der Waals surface area contributed by atoms with Crippen molar-refractivity contribution in [2.24, 2.45) is 0 Å². The average Bonchev–Trinajstić information content (AvgIpc) is 2.70. The van der Waals surface area contributed by atoms with Gasteiger partial charge in [-0.15, -0.1) is 0 Å². The molecule has 2 amide bonds. The van der Waals surface area contributed by atoms with Crippen LogP contribution >= 0.6 is 0 Å². The van der Waals surface area contributed by atoms with Crippen LogP contribution in [0.4, 0.5) is 16.2 Å². The molecule has 0 bridgehead atoms. The number of amides is 2. The molecule has 1 saturated heterocycles. The number of hydrogen-bond donors (Lipinski definition) is 1. The van der Waals surface area contributed by atoms with E-state index in [9.17, 15) is 19.7 Å². The number of rotatable bonds is 1. The Bertz CT molecular complexity index is 758. The van der Waals surface area contributed by atoms with Crippen LogP contribution in [0.1, 0.15) is 26.3 Å². The number of anilines is 1. The maximum Gasteiger partial charge on any atom is 0.410 e. The Morgan fingerprint density at radius 3 is 2.73 bits per heavy atom. The van der Waals surface area contributed by atoms with Gasteiger partial charge in [0.15, 0.2) is 0 Å². The second kappa shape index (κ2) is 6.47. The summed E-state index contributed by atoms with van der Waals surface area (Å²) in [6, 6.07) is 4.03. The zero-order valence-electron chi connectivity index (χ0n) is 15.0. The van der Waals surface area contributed by atoms with Crippen LogP contribution in [0.3, 0.4) is 0 Å². The van der Waals surface area contributed by atoms with Crippen molar-refractivity contribution in [1.82, 2.24) is 10.2 Å². The molecule has 0 aliphatic carbocycles. The summed E-state index contributed by atoms with van der Waals surface area (Å²) in [7, 11) is 0. The molecule has 9 heteroatoms. The first-order chi connectivity index (χ1) is 12.2. The zero-order chi connectivity index (χ0) is 19.1. The maximum absolute atomic E-state index is 12.5. The number of ether oxygens (including phenoxy) is 1. The van der Waals surface area contributed by atoms with Crippen molar-refractivity contribution in [3.05, 3.63) is 33.9 Å². The molecular formula is C17H22N4O5. The smallest absolute Gasteiger partial charge is 0.410 e. The minimum atomic E-state index is -0.606. The largest absolute Gasteiger partial charge is 0.444 e. The minimum Gasteiger partial charge on any atom is -0.444 e. The van der Waals surface area contributed by atoms with Crippen molar-refractivity contribution in [3.8, 4) is 0 Å². The van der Waals surface area contributed by atoms with Gasteiger partial charge >= 0.3 is 6.09 Å². The van der Waals surface area contributed by atoms with Crippen LogP contribution in [0.2, 0.25) is 0 Å². The molecule has 140 valence electrons. The third kappa shape index (κ3) is 3.56. The Morgan fingerprint density at radius 1 is 1.35 bits per heavy atom. The Kier molecular flexibility index (Phi) is 4.47. The molecule has 1 unspecified atom stereocenters. The van der Waals surface area contributed by atoms with E-state index in [1.54, 1.807) is 26.8 Å². The van der Waals surface area contributed by atoms with Gasteiger partial charge in [-0.05, 0) is 26.8 Å². The summed E-state index contributed by atoms with van der Waals surface area (Å²) in [5.74, 6) is -0.211. The SMILES string of the molecule is CC(C)(C)OC(=O)N1CCN2c3ccc([N+](=O)[O-])cc3CNC(=O)C2C1. The molecule has 0 aromatic heterocycles. The van der Waals surface area contributed by atoms with E-state index >= 15 is 0 Å². The quantitative estimate of drug-likeness (QED) is 0.602. The third-order valence-corrected chi connectivity index (χ3v) is 4.37. The summed E-state index contributed by atoms with van der Waals surface area (Å²) >= 11 is 0. The van der Waals surface area contributed by atoms with Gasteiger partial charge in [0, 0.05) is 43.0 Å². The standard InChI is InChI=1S/C17H22N4O5/c1-17(2,3)26-16(23)19-6-7-20-13-5-4-12(21(24)25)8-11(13)9-18-15(22)14(20)10-19/h4-5,8,14H,6-7,9-10H2,1-3H3,(H,18,22). The van der Waals surface area contributed by atoms with E-state index in [0.717, 1.165) is 5.69 Å². The Morgan fingerprint density at radius 2 is 2.08 bits per heavy atom. The number of piperazine rings is 1. The van der Waals surface area contributed by atoms with Gasteiger partial charge in [0.1, 0.15) is 11.6 Å². The fourth-order valence-corrected chi connectivity index (χ4v) is 3.20. The van der Waals surface area contributed by atoms with E-state index in [1.165, 1.54) is 17.0 Å². The van der Waals surface area contributed by atoms with Crippen LogP contribution in [-0.4, -0.2) is 53.1 Å². The Hall–Kier alpha value is -2.84. The second-order valence-electron chi connectivity index (χ2n) is 7.42. The highest BCUT2D eigenvalue weighted by molar-refractivity contribution is 5.88. The van der Waals surface area contributed by atoms with Crippen molar-refractivity contribution in [2.45, 2.75) is 39.0 Å². The lowest BCUT2D eigenvalue weighted by Crippen LogP contribution is -2.59. The first-order valence-electron chi connectivity index (χ1n) is 8.45. The fourth-order valence-electron chi connectivity index (χ4n) is 3.20. The van der Waals surface area contributed by atoms with Gasteiger partial charge in [0.05, 0.1) is 11.5 Å². The van der Waals surface area contributed by atoms with Crippen LogP contribution in [0.25, 0.3) is 0 Å². The predicted molar refractivity (Wildman–Crippen MR) is 93.9 cm³/mol. The lowest BCUT2D eigenvalue weighted by atomic mass is 10.1. The number of benzene rings is 1. The average molecular weight is 362 g/mol. The van der Waals surface area contributed by atoms with Gasteiger partial charge in [-0.3, -0.25) is 14.9 Å². The van der Waals surface area contributed by atoms with E-state index in [-0.39, 0.29) is 24.7 Å². The molecule has 3 rings (SSSR count). The topological polar surface area (TPSA) is 105 Å². The molecule has 1 atom stereocenters. The van der Waals surface area contributed by atoms with Crippen LogP contribution in [-0.2, 0) is 16.1 Å². The summed E-state index contributed by atoms with van der Waals surface area (Å²) in [5, 5.41) is 13.8. The highest BCUT2D eigenvalue weighted by atomic mass is 16.6. The number of carbonyl (C=O) groups excluding carboxylic acids is 2. The Labute approximate surface area is 151 Å². The van der Waals surface area contributed by atoms with Gasteiger partial charge < -0.3 is 19.9 Å². The maximum atomic E-state index is 12.5. The second-order valence-corrected chi connectivity index (χ2v) is 7.42. The van der Waals surface area contributed by atoms with Crippen molar-refractivity contribution in [2.75, 3.05) is 24.5 Å². The highest BCUT2D eigenvalue weighted by Crippen LogP contribution is 2.31. The third-order valence-electron chi connectivity index (χ3n) is 4.37. The van der Waals surface area contributed by atoms with Crippen LogP contribution in [0.5, 0.6) is 0 Å². The molecule has 26 heavy (non-hydrogen) atoms. The van der Waals surface area contributed by atoms with Crippen molar-refractivity contribution in [3.63, 3.8) is 0 Å². The highest BCUT2D eigenvalue weighted by Gasteiger charge is 2.38. The van der Waals surface area contributed by atoms with Gasteiger partial charge in [-0.2, -0.15) is 0 Å². The lowest BCUT2D eigenvalue weighted by molar-refractivity contribution is -0.384. The van der Waals surface area contributed by atoms with Gasteiger partial charge in [0.25, 0.3) is 5.69 Å². The number of hydrogen-bond acceptors (Lipinski definition) is 6. The summed E-state index contributed by atoms with van der Waals surface area (Å²) in [6.45, 7) is 6.66. The number of nitrogens with one attached hydrogen (secondary N) is 1. The number of nitro benzene ring substituents is 1. The zero-order valence-corrected chi connectivity index (χ0v) is 15.0. The first kappa shape index (κ1) is 18.0. The molecule has 0 radical (unpaired) electrons. The molecule has 1 N–H and O–H groups in total. The molecule has 2 heterocycles. The van der Waals surface area contributed by atoms with Gasteiger partial charge in [0.2, 0.25) is 5.91 Å². The van der Waals surface area contributed by atoms with Crippen LogP contribution < -0.4 is 10.2 Å². The molecule has 2 aliphatic heterocycles. The predicted octanol–water partition coefficient (Wildman–Crippen LogP) is 1.65. The van der Waals surface area contributed by atoms with Gasteiger partial charge in [-0.1, -0.05) is 0 Å². The fraction of sp³-hybridized carbons (Fsp3) is 0.529. The number of non-ortho nitro benzene ring substituents is 1. The molecule has 1 aromatic rings. The van der Waals surface area contributed by atoms with E-state index in [4.69, 9.17) is 4.74 Å². The Balaban J connectivity index is 1.84. The minimum absolute atomic E-state index is 0.0103. The number of fused-ring (bicyclic) bond motifs is 3. The van der Waals surface area contributed by atoms with Crippen molar-refractivity contribution in [1.29, 1.82) is 0 Å². The monoisotopic (exact) mass is 362 g/mol. The summed E-state index contributed by atoms with van der Waals surface area (Å²) in [4.78, 5) is 38.8. The first-order valence-corrected chi connectivity index (χ1v) is 8.45. The van der Waals surface area contributed by atoms with Gasteiger partial charge in [-0.25, -0.2) is 4.79 Å². The molecule has 9 nitrogen and oxygen atoms in total. The number of nitrogens with zero attached hydrogens (tertiary/aromatic N) is 3. The van der Waals surface area contributed by atoms with Crippen LogP contribution in [0.15, 0.2) is 18.2 Å². The molecular weight excluding hydrogens is 340 g/mol. The molecule has 1 fully saturated rings. The van der Waals surface area contributed by atoms with E-state index < -0.39 is 22.7 Å². The van der Waals surface area contributed by atoms with Crippen molar-refractivity contribution >= 4 is 23.4 Å². The van der Waals surface area contributed by atoms with Crippen molar-refractivity contribution < 1.29 is 19.2 Å². The van der Waals surface area contributed by atoms with E-state index in [1.807, 2.05) is 4.90 Å². The van der Waals surface area contributed by atoms with Crippen LogP contribution in [0, 0.1) is 10.1 Å². The summed E-state index contributed by atoms with van der Waals surface area (Å²) in [6.07, 6.45) is -0.446. The van der Waals surface area contributed by atoms with E-state index in [2.05, 4.69) is 5.32 Å². The number of nitro groups is 1. The molecule has 2 aliphatic rings. The summed E-state index contributed by atoms with van der Waals surface area (Å²) < 4.78 is 5.40. The molecule has 0 saturated carbocycles. The van der Waals surface area contributed by atoms with E-state index in [0.29, 0.717) is 18.7 Å². The molecule has 0 spiro atoms.